The molecule has 0 radical (unpaired) electrons. The Morgan fingerprint density at radius 2 is 1.78 bits per heavy atom. The van der Waals surface area contributed by atoms with Crippen molar-refractivity contribution in [2.45, 2.75) is 51.1 Å². The molecule has 2 N–H and O–H groups in total. The second kappa shape index (κ2) is 9.74. The van der Waals surface area contributed by atoms with Crippen molar-refractivity contribution in [2.75, 3.05) is 26.7 Å². The molecule has 2 fully saturated rings. The summed E-state index contributed by atoms with van der Waals surface area (Å²) >= 11 is 0. The molecule has 0 spiro atoms. The lowest BCUT2D eigenvalue weighted by atomic mass is 9.95. The summed E-state index contributed by atoms with van der Waals surface area (Å²) in [4.78, 5) is 26.7. The minimum Gasteiger partial charge on any atom is -0.497 e. The van der Waals surface area contributed by atoms with Gasteiger partial charge in [-0.1, -0.05) is 25.0 Å². The first-order valence-corrected chi connectivity index (χ1v) is 10.1. The number of nitrogens with one attached hydrogen (secondary N) is 2. The predicted molar refractivity (Wildman–Crippen MR) is 104 cm³/mol. The largest absolute Gasteiger partial charge is 0.497 e. The van der Waals surface area contributed by atoms with Crippen LogP contribution in [-0.2, 0) is 16.1 Å². The second-order valence-corrected chi connectivity index (χ2v) is 7.66. The molecule has 1 aliphatic heterocycles. The van der Waals surface area contributed by atoms with Crippen LogP contribution >= 0.6 is 0 Å². The van der Waals surface area contributed by atoms with Gasteiger partial charge in [0.2, 0.25) is 0 Å². The lowest BCUT2D eigenvalue weighted by molar-refractivity contribution is -0.139. The van der Waals surface area contributed by atoms with Gasteiger partial charge in [0, 0.05) is 19.1 Å². The maximum atomic E-state index is 12.0. The van der Waals surface area contributed by atoms with Gasteiger partial charge in [0.15, 0.2) is 0 Å². The van der Waals surface area contributed by atoms with Crippen molar-refractivity contribution >= 4 is 11.8 Å². The third-order valence-corrected chi connectivity index (χ3v) is 5.83. The summed E-state index contributed by atoms with van der Waals surface area (Å²) in [5.41, 5.74) is 0.898. The molecule has 1 saturated heterocycles. The molecule has 1 heterocycles. The molecule has 6 nitrogen and oxygen atoms in total. The van der Waals surface area contributed by atoms with Gasteiger partial charge < -0.3 is 20.3 Å². The Kier molecular flexibility index (Phi) is 7.10. The molecule has 0 bridgehead atoms. The Labute approximate surface area is 161 Å². The number of carbonyl (C=O) groups is 2. The number of nitrogens with zero attached hydrogens (tertiary/aromatic N) is 1. The minimum atomic E-state index is -0.582. The van der Waals surface area contributed by atoms with Gasteiger partial charge in [-0.05, 0) is 62.4 Å². The minimum absolute atomic E-state index is 0.309. The van der Waals surface area contributed by atoms with Crippen molar-refractivity contribution in [2.24, 2.45) is 5.92 Å². The fourth-order valence-electron chi connectivity index (χ4n) is 4.15. The molecule has 6 heteroatoms. The van der Waals surface area contributed by atoms with Gasteiger partial charge in [0.25, 0.3) is 0 Å². The number of ether oxygens (including phenoxy) is 1. The highest BCUT2D eigenvalue weighted by Gasteiger charge is 2.27. The zero-order chi connectivity index (χ0) is 19.1. The number of amides is 2. The smallest absolute Gasteiger partial charge is 0.309 e. The molecule has 2 aliphatic rings. The van der Waals surface area contributed by atoms with Crippen molar-refractivity contribution in [1.29, 1.82) is 0 Å². The SMILES string of the molecule is COc1cccc(CNC(=O)C(=O)NCC2CCN(C3CCCC3)CC2)c1. The summed E-state index contributed by atoms with van der Waals surface area (Å²) in [6, 6.07) is 8.21. The van der Waals surface area contributed by atoms with Crippen molar-refractivity contribution in [1.82, 2.24) is 15.5 Å². The van der Waals surface area contributed by atoms with E-state index in [1.807, 2.05) is 24.3 Å². The van der Waals surface area contributed by atoms with Gasteiger partial charge in [-0.25, -0.2) is 0 Å². The number of likely N-dealkylation sites (tertiary alicyclic amines) is 1. The van der Waals surface area contributed by atoms with Crippen LogP contribution < -0.4 is 15.4 Å². The average Bonchev–Trinajstić information content (AvgIpc) is 3.25. The maximum Gasteiger partial charge on any atom is 0.309 e. The molecule has 27 heavy (non-hydrogen) atoms. The fourth-order valence-corrected chi connectivity index (χ4v) is 4.15. The molecule has 0 atom stereocenters. The third-order valence-electron chi connectivity index (χ3n) is 5.83. The van der Waals surface area contributed by atoms with Crippen molar-refractivity contribution in [3.8, 4) is 5.75 Å². The van der Waals surface area contributed by atoms with Gasteiger partial charge >= 0.3 is 11.8 Å². The third kappa shape index (κ3) is 5.70. The number of carbonyl (C=O) groups excluding carboxylic acids is 2. The van der Waals surface area contributed by atoms with Crippen LogP contribution in [0.4, 0.5) is 0 Å². The first-order chi connectivity index (χ1) is 13.2. The number of rotatable bonds is 6. The van der Waals surface area contributed by atoms with Crippen molar-refractivity contribution in [3.63, 3.8) is 0 Å². The predicted octanol–water partition coefficient (Wildman–Crippen LogP) is 2.08. The van der Waals surface area contributed by atoms with E-state index in [1.165, 1.54) is 25.7 Å². The topological polar surface area (TPSA) is 70.7 Å². The van der Waals surface area contributed by atoms with E-state index in [-0.39, 0.29) is 0 Å². The number of hydrogen-bond acceptors (Lipinski definition) is 4. The molecule has 1 aliphatic carbocycles. The summed E-state index contributed by atoms with van der Waals surface area (Å²) in [6.07, 6.45) is 7.62. The standard InChI is InChI=1S/C21H31N3O3/c1-27-19-8-4-5-17(13-19)15-23-21(26)20(25)22-14-16-9-11-24(12-10-16)18-6-2-3-7-18/h4-5,8,13,16,18H,2-3,6-7,9-12,14-15H2,1H3,(H,22,25)(H,23,26). The summed E-state index contributed by atoms with van der Waals surface area (Å²) in [7, 11) is 1.60. The highest BCUT2D eigenvalue weighted by atomic mass is 16.5. The molecule has 1 aromatic carbocycles. The van der Waals surface area contributed by atoms with E-state index >= 15 is 0 Å². The first kappa shape index (κ1) is 19.7. The highest BCUT2D eigenvalue weighted by Crippen LogP contribution is 2.27. The Morgan fingerprint density at radius 3 is 2.48 bits per heavy atom. The Bertz CT molecular complexity index is 635. The lowest BCUT2D eigenvalue weighted by Crippen LogP contribution is -2.45. The van der Waals surface area contributed by atoms with Gasteiger partial charge in [-0.3, -0.25) is 9.59 Å². The summed E-state index contributed by atoms with van der Waals surface area (Å²) in [5, 5.41) is 5.47. The van der Waals surface area contributed by atoms with Crippen LogP contribution in [0.3, 0.4) is 0 Å². The fraction of sp³-hybridized carbons (Fsp3) is 0.619. The van der Waals surface area contributed by atoms with Gasteiger partial charge in [0.1, 0.15) is 5.75 Å². The van der Waals surface area contributed by atoms with Crippen LogP contribution in [-0.4, -0.2) is 49.5 Å². The van der Waals surface area contributed by atoms with Gasteiger partial charge in [0.05, 0.1) is 7.11 Å². The van der Waals surface area contributed by atoms with Crippen LogP contribution in [0.25, 0.3) is 0 Å². The quantitative estimate of drug-likeness (QED) is 0.749. The zero-order valence-electron chi connectivity index (χ0n) is 16.2. The van der Waals surface area contributed by atoms with E-state index in [0.29, 0.717) is 19.0 Å². The normalized spacial score (nSPS) is 19.0. The Morgan fingerprint density at radius 1 is 1.07 bits per heavy atom. The van der Waals surface area contributed by atoms with E-state index in [4.69, 9.17) is 4.74 Å². The number of benzene rings is 1. The molecule has 1 saturated carbocycles. The second-order valence-electron chi connectivity index (χ2n) is 7.66. The number of hydrogen-bond donors (Lipinski definition) is 2. The number of methoxy groups -OCH3 is 1. The van der Waals surface area contributed by atoms with E-state index in [0.717, 1.165) is 43.3 Å². The first-order valence-electron chi connectivity index (χ1n) is 10.1. The van der Waals surface area contributed by atoms with Crippen LogP contribution in [0.2, 0.25) is 0 Å². The molecule has 2 amide bonds. The van der Waals surface area contributed by atoms with Crippen LogP contribution in [0.5, 0.6) is 5.75 Å². The average molecular weight is 373 g/mol. The van der Waals surface area contributed by atoms with Crippen LogP contribution in [0.1, 0.15) is 44.1 Å². The molecule has 0 aromatic heterocycles. The molecular formula is C21H31N3O3. The van der Waals surface area contributed by atoms with E-state index in [2.05, 4.69) is 15.5 Å². The molecule has 3 rings (SSSR count). The molecule has 0 unspecified atom stereocenters. The molecular weight excluding hydrogens is 342 g/mol. The lowest BCUT2D eigenvalue weighted by Gasteiger charge is -2.36. The monoisotopic (exact) mass is 373 g/mol. The number of piperidine rings is 1. The van der Waals surface area contributed by atoms with E-state index in [9.17, 15) is 9.59 Å². The summed E-state index contributed by atoms with van der Waals surface area (Å²) in [6.45, 7) is 3.13. The Balaban J connectivity index is 1.34. The van der Waals surface area contributed by atoms with E-state index in [1.54, 1.807) is 7.11 Å². The van der Waals surface area contributed by atoms with Crippen LogP contribution in [0, 0.1) is 5.92 Å². The van der Waals surface area contributed by atoms with Crippen molar-refractivity contribution < 1.29 is 14.3 Å². The van der Waals surface area contributed by atoms with Gasteiger partial charge in [-0.15, -0.1) is 0 Å². The molecule has 148 valence electrons. The maximum absolute atomic E-state index is 12.0. The highest BCUT2D eigenvalue weighted by molar-refractivity contribution is 6.35. The molecule has 1 aromatic rings. The summed E-state index contributed by atoms with van der Waals surface area (Å²) < 4.78 is 5.16. The van der Waals surface area contributed by atoms with Gasteiger partial charge in [-0.2, -0.15) is 0 Å². The van der Waals surface area contributed by atoms with Crippen molar-refractivity contribution in [3.05, 3.63) is 29.8 Å². The summed E-state index contributed by atoms with van der Waals surface area (Å²) in [5.74, 6) is 0.0743. The zero-order valence-corrected chi connectivity index (χ0v) is 16.2. The van der Waals surface area contributed by atoms with Crippen LogP contribution in [0.15, 0.2) is 24.3 Å². The van der Waals surface area contributed by atoms with E-state index < -0.39 is 11.8 Å². The Hall–Kier alpha value is -2.08.